The number of Topliss-reactive ketones (excluding diaryl/α,β-unsaturated/α-hetero) is 2. The molecule has 3 rings (SSSR count). The van der Waals surface area contributed by atoms with Crippen LogP contribution >= 0.6 is 0 Å². The number of benzene rings is 1. The zero-order valence-electron chi connectivity index (χ0n) is 17.7. The maximum Gasteiger partial charge on any atom is 0.325 e. The Bertz CT molecular complexity index is 878. The van der Waals surface area contributed by atoms with E-state index in [2.05, 4.69) is 5.32 Å². The molecule has 1 heterocycles. The fourth-order valence-corrected chi connectivity index (χ4v) is 4.07. The van der Waals surface area contributed by atoms with Gasteiger partial charge in [-0.15, -0.1) is 0 Å². The van der Waals surface area contributed by atoms with Crippen LogP contribution in [-0.4, -0.2) is 55.9 Å². The van der Waals surface area contributed by atoms with Crippen molar-refractivity contribution in [2.45, 2.75) is 44.6 Å². The van der Waals surface area contributed by atoms with Crippen LogP contribution in [0.1, 0.15) is 49.5 Å². The Balaban J connectivity index is 1.91. The fraction of sp³-hybridized carbons (Fsp3) is 0.545. The molecule has 1 unspecified atom stereocenters. The van der Waals surface area contributed by atoms with E-state index in [1.807, 2.05) is 0 Å². The molecule has 0 saturated carbocycles. The van der Waals surface area contributed by atoms with E-state index in [0.717, 1.165) is 0 Å². The Labute approximate surface area is 175 Å². The molecule has 8 heteroatoms. The first-order valence-electron chi connectivity index (χ1n) is 9.93. The van der Waals surface area contributed by atoms with Gasteiger partial charge >= 0.3 is 5.97 Å². The highest BCUT2D eigenvalue weighted by molar-refractivity contribution is 6.29. The summed E-state index contributed by atoms with van der Waals surface area (Å²) in [7, 11) is 1.48. The Morgan fingerprint density at radius 3 is 2.47 bits per heavy atom. The number of fused-ring (bicyclic) bond motifs is 2. The van der Waals surface area contributed by atoms with Gasteiger partial charge in [0.15, 0.2) is 17.5 Å². The summed E-state index contributed by atoms with van der Waals surface area (Å²) in [5.74, 6) is -3.54. The number of hydrogen-bond donors (Lipinski definition) is 1. The second kappa shape index (κ2) is 8.18. The minimum atomic E-state index is -1.52. The van der Waals surface area contributed by atoms with Crippen molar-refractivity contribution in [3.63, 3.8) is 0 Å². The maximum absolute atomic E-state index is 13.5. The van der Waals surface area contributed by atoms with Gasteiger partial charge in [-0.05, 0) is 51.3 Å². The number of amides is 1. The van der Waals surface area contributed by atoms with Gasteiger partial charge in [0, 0.05) is 18.8 Å². The van der Waals surface area contributed by atoms with E-state index >= 15 is 0 Å². The lowest BCUT2D eigenvalue weighted by molar-refractivity contribution is -0.155. The Hall–Kier alpha value is -2.74. The van der Waals surface area contributed by atoms with Crippen LogP contribution in [-0.2, 0) is 29.3 Å². The number of carbonyl (C=O) groups is 4. The predicted molar refractivity (Wildman–Crippen MR) is 106 cm³/mol. The van der Waals surface area contributed by atoms with E-state index in [-0.39, 0.29) is 0 Å². The molecule has 2 aliphatic rings. The number of nitrogens with one attached hydrogen (secondary N) is 1. The molecule has 0 aromatic heterocycles. The predicted octanol–water partition coefficient (Wildman–Crippen LogP) is 1.58. The number of esters is 1. The Morgan fingerprint density at radius 2 is 1.87 bits per heavy atom. The van der Waals surface area contributed by atoms with Crippen LogP contribution in [0.25, 0.3) is 0 Å². The number of rotatable bonds is 4. The minimum Gasteiger partial charge on any atom is -0.497 e. The molecule has 1 amide bonds. The van der Waals surface area contributed by atoms with E-state index in [1.54, 1.807) is 39.0 Å². The van der Waals surface area contributed by atoms with Crippen molar-refractivity contribution < 1.29 is 33.4 Å². The lowest BCUT2D eigenvalue weighted by Gasteiger charge is -2.42. The molecule has 1 spiro atoms. The molecule has 1 saturated heterocycles. The highest BCUT2D eigenvalue weighted by atomic mass is 16.6. The number of hydrogen-bond acceptors (Lipinski definition) is 7. The third-order valence-corrected chi connectivity index (χ3v) is 5.44. The molecule has 162 valence electrons. The van der Waals surface area contributed by atoms with Gasteiger partial charge in [0.2, 0.25) is 5.91 Å². The van der Waals surface area contributed by atoms with Gasteiger partial charge in [-0.2, -0.15) is 0 Å². The van der Waals surface area contributed by atoms with Crippen LogP contribution in [0.2, 0.25) is 0 Å². The molecular formula is C22H27NO7. The molecule has 30 heavy (non-hydrogen) atoms. The lowest BCUT2D eigenvalue weighted by Crippen LogP contribution is -2.55. The largest absolute Gasteiger partial charge is 0.497 e. The van der Waals surface area contributed by atoms with Crippen molar-refractivity contribution in [3.05, 3.63) is 29.3 Å². The summed E-state index contributed by atoms with van der Waals surface area (Å²) in [4.78, 5) is 51.4. The van der Waals surface area contributed by atoms with Gasteiger partial charge in [-0.3, -0.25) is 19.2 Å². The number of ether oxygens (including phenoxy) is 3. The normalized spacial score (nSPS) is 20.5. The quantitative estimate of drug-likeness (QED) is 0.585. The summed E-state index contributed by atoms with van der Waals surface area (Å²) in [6.07, 6.45) is 0.766. The molecular weight excluding hydrogens is 390 g/mol. The second-order valence-electron chi connectivity index (χ2n) is 8.57. The average Bonchev–Trinajstić information content (AvgIpc) is 2.70. The van der Waals surface area contributed by atoms with E-state index in [0.29, 0.717) is 42.9 Å². The summed E-state index contributed by atoms with van der Waals surface area (Å²) < 4.78 is 15.8. The molecule has 1 aliphatic carbocycles. The second-order valence-corrected chi connectivity index (χ2v) is 8.57. The van der Waals surface area contributed by atoms with Crippen molar-refractivity contribution in [2.24, 2.45) is 5.92 Å². The summed E-state index contributed by atoms with van der Waals surface area (Å²) in [6, 6.07) is 5.00. The van der Waals surface area contributed by atoms with Crippen molar-refractivity contribution in [1.82, 2.24) is 5.32 Å². The standard InChI is InChI=1S/C22H27NO7/c1-21(2,3)30-16(24)12-23-20(27)17-18(25)14-11-13(28-4)5-6-15(14)22(19(17)26)7-9-29-10-8-22/h5-6,11,17H,7-10,12H2,1-4H3,(H,23,27). The summed E-state index contributed by atoms with van der Waals surface area (Å²) in [5.41, 5.74) is -0.771. The summed E-state index contributed by atoms with van der Waals surface area (Å²) in [6.45, 7) is 5.42. The first-order chi connectivity index (χ1) is 14.1. The molecule has 8 nitrogen and oxygen atoms in total. The van der Waals surface area contributed by atoms with Gasteiger partial charge in [-0.1, -0.05) is 6.07 Å². The number of ketones is 2. The molecule has 1 aromatic carbocycles. The average molecular weight is 417 g/mol. The lowest BCUT2D eigenvalue weighted by atomic mass is 9.61. The fourth-order valence-electron chi connectivity index (χ4n) is 4.07. The summed E-state index contributed by atoms with van der Waals surface area (Å²) in [5, 5.41) is 2.40. The van der Waals surface area contributed by atoms with E-state index in [9.17, 15) is 19.2 Å². The van der Waals surface area contributed by atoms with Gasteiger partial charge in [0.1, 0.15) is 17.9 Å². The van der Waals surface area contributed by atoms with Gasteiger partial charge in [-0.25, -0.2) is 0 Å². The molecule has 1 aromatic rings. The first kappa shape index (κ1) is 22.0. The first-order valence-corrected chi connectivity index (χ1v) is 9.93. The molecule has 0 bridgehead atoms. The van der Waals surface area contributed by atoms with E-state index in [1.165, 1.54) is 7.11 Å². The molecule has 1 aliphatic heterocycles. The number of methoxy groups -OCH3 is 1. The SMILES string of the molecule is COc1ccc2c(c1)C(=O)C(C(=O)NCC(=O)OC(C)(C)C)C(=O)C21CCOCC1. The highest BCUT2D eigenvalue weighted by Crippen LogP contribution is 2.45. The molecule has 1 atom stereocenters. The number of carbonyl (C=O) groups excluding carboxylic acids is 4. The molecule has 1 N–H and O–H groups in total. The molecule has 0 radical (unpaired) electrons. The van der Waals surface area contributed by atoms with E-state index < -0.39 is 46.9 Å². The van der Waals surface area contributed by atoms with E-state index in [4.69, 9.17) is 14.2 Å². The highest BCUT2D eigenvalue weighted by Gasteiger charge is 2.54. The van der Waals surface area contributed by atoms with Crippen LogP contribution in [0.5, 0.6) is 5.75 Å². The maximum atomic E-state index is 13.5. The zero-order valence-corrected chi connectivity index (χ0v) is 17.7. The van der Waals surface area contributed by atoms with Crippen LogP contribution in [0, 0.1) is 5.92 Å². The van der Waals surface area contributed by atoms with Crippen molar-refractivity contribution in [3.8, 4) is 5.75 Å². The van der Waals surface area contributed by atoms with Crippen LogP contribution < -0.4 is 10.1 Å². The minimum absolute atomic E-state index is 0.299. The van der Waals surface area contributed by atoms with Crippen molar-refractivity contribution >= 4 is 23.4 Å². The van der Waals surface area contributed by atoms with Gasteiger partial charge in [0.05, 0.1) is 12.5 Å². The Kier molecular flexibility index (Phi) is 5.99. The van der Waals surface area contributed by atoms with Gasteiger partial charge in [0.25, 0.3) is 0 Å². The van der Waals surface area contributed by atoms with Gasteiger partial charge < -0.3 is 19.5 Å². The zero-order chi connectivity index (χ0) is 22.1. The Morgan fingerprint density at radius 1 is 1.20 bits per heavy atom. The van der Waals surface area contributed by atoms with Crippen molar-refractivity contribution in [2.75, 3.05) is 26.9 Å². The summed E-state index contributed by atoms with van der Waals surface area (Å²) >= 11 is 0. The van der Waals surface area contributed by atoms with Crippen molar-refractivity contribution in [1.29, 1.82) is 0 Å². The molecule has 1 fully saturated rings. The van der Waals surface area contributed by atoms with Crippen LogP contribution in [0.4, 0.5) is 0 Å². The monoisotopic (exact) mass is 417 g/mol. The van der Waals surface area contributed by atoms with Crippen LogP contribution in [0.3, 0.4) is 0 Å². The third kappa shape index (κ3) is 4.09. The smallest absolute Gasteiger partial charge is 0.325 e. The van der Waals surface area contributed by atoms with Crippen LogP contribution in [0.15, 0.2) is 18.2 Å². The topological polar surface area (TPSA) is 108 Å². The third-order valence-electron chi connectivity index (χ3n) is 5.44.